The number of hydrogen-bond donors (Lipinski definition) is 2. The number of hydrogen-bond acceptors (Lipinski definition) is 6. The second-order valence-corrected chi connectivity index (χ2v) is 6.24. The Balaban J connectivity index is 1.56. The molecule has 0 radical (unpaired) electrons. The molecule has 2 aliphatic rings. The van der Waals surface area contributed by atoms with Crippen molar-refractivity contribution in [3.8, 4) is 0 Å². The molecule has 3 rings (SSSR count). The van der Waals surface area contributed by atoms with Gasteiger partial charge in [0.2, 0.25) is 0 Å². The van der Waals surface area contributed by atoms with Gasteiger partial charge in [-0.3, -0.25) is 0 Å². The number of nitrogens with one attached hydrogen (secondary N) is 1. The van der Waals surface area contributed by atoms with Crippen LogP contribution in [-0.2, 0) is 0 Å². The summed E-state index contributed by atoms with van der Waals surface area (Å²) < 4.78 is 0. The van der Waals surface area contributed by atoms with E-state index in [0.717, 1.165) is 30.6 Å². The lowest BCUT2D eigenvalue weighted by Crippen LogP contribution is -2.38. The minimum absolute atomic E-state index is 0.691. The van der Waals surface area contributed by atoms with E-state index in [1.807, 2.05) is 13.0 Å². The predicted octanol–water partition coefficient (Wildman–Crippen LogP) is 1.38. The fraction of sp³-hybridized carbons (Fsp3) is 0.733. The van der Waals surface area contributed by atoms with Gasteiger partial charge in [0.05, 0.1) is 0 Å². The fourth-order valence-electron chi connectivity index (χ4n) is 3.46. The fourth-order valence-corrected chi connectivity index (χ4v) is 3.46. The molecule has 0 saturated carbocycles. The zero-order valence-electron chi connectivity index (χ0n) is 12.9. The minimum atomic E-state index is 0.691. The van der Waals surface area contributed by atoms with Crippen LogP contribution >= 0.6 is 0 Å². The maximum Gasteiger partial charge on any atom is 0.145 e. The Morgan fingerprint density at radius 2 is 1.90 bits per heavy atom. The third-order valence-corrected chi connectivity index (χ3v) is 4.63. The normalized spacial score (nSPS) is 21.0. The molecule has 2 saturated heterocycles. The van der Waals surface area contributed by atoms with Crippen LogP contribution in [0, 0.1) is 12.8 Å². The predicted molar refractivity (Wildman–Crippen MR) is 85.2 cm³/mol. The van der Waals surface area contributed by atoms with Gasteiger partial charge in [-0.2, -0.15) is 0 Å². The van der Waals surface area contributed by atoms with E-state index in [1.165, 1.54) is 45.3 Å². The molecular weight excluding hydrogens is 264 g/mol. The number of rotatable bonds is 4. The molecule has 6 heteroatoms. The topological polar surface area (TPSA) is 70.3 Å². The number of aromatic nitrogens is 2. The van der Waals surface area contributed by atoms with Gasteiger partial charge >= 0.3 is 0 Å². The Morgan fingerprint density at radius 1 is 1.19 bits per heavy atom. The van der Waals surface area contributed by atoms with Crippen molar-refractivity contribution in [3.63, 3.8) is 0 Å². The number of hydrazine groups is 1. The first-order chi connectivity index (χ1) is 10.2. The summed E-state index contributed by atoms with van der Waals surface area (Å²) in [4.78, 5) is 13.8. The third-order valence-electron chi connectivity index (χ3n) is 4.63. The highest BCUT2D eigenvalue weighted by atomic mass is 15.3. The van der Waals surface area contributed by atoms with E-state index >= 15 is 0 Å². The second kappa shape index (κ2) is 6.58. The standard InChI is InChI=1S/C15H26N6/c1-12-17-14(19-16)10-15(18-12)21-8-4-13(5-9-21)11-20-6-2-3-7-20/h10,13H,2-9,11,16H2,1H3,(H,17,18,19). The lowest BCUT2D eigenvalue weighted by Gasteiger charge is -2.34. The molecule has 0 spiro atoms. The highest BCUT2D eigenvalue weighted by molar-refractivity contribution is 5.49. The monoisotopic (exact) mass is 290 g/mol. The lowest BCUT2D eigenvalue weighted by atomic mass is 9.96. The van der Waals surface area contributed by atoms with Crippen LogP contribution in [0.4, 0.5) is 11.6 Å². The molecule has 2 fully saturated rings. The van der Waals surface area contributed by atoms with E-state index < -0.39 is 0 Å². The third kappa shape index (κ3) is 3.63. The molecule has 0 bridgehead atoms. The van der Waals surface area contributed by atoms with Gasteiger partial charge in [-0.15, -0.1) is 0 Å². The molecule has 0 unspecified atom stereocenters. The van der Waals surface area contributed by atoms with Crippen molar-refractivity contribution in [2.24, 2.45) is 11.8 Å². The van der Waals surface area contributed by atoms with Crippen molar-refractivity contribution in [1.29, 1.82) is 0 Å². The van der Waals surface area contributed by atoms with Crippen molar-refractivity contribution in [3.05, 3.63) is 11.9 Å². The van der Waals surface area contributed by atoms with Crippen molar-refractivity contribution >= 4 is 11.6 Å². The molecule has 0 amide bonds. The summed E-state index contributed by atoms with van der Waals surface area (Å²) in [5.74, 6) is 8.76. The first kappa shape index (κ1) is 14.5. The van der Waals surface area contributed by atoms with Gasteiger partial charge in [-0.05, 0) is 51.6 Å². The van der Waals surface area contributed by atoms with Crippen LogP contribution < -0.4 is 16.2 Å². The minimum Gasteiger partial charge on any atom is -0.356 e. The summed E-state index contributed by atoms with van der Waals surface area (Å²) in [5.41, 5.74) is 2.62. The number of aryl methyl sites for hydroxylation is 1. The Hall–Kier alpha value is -1.40. The van der Waals surface area contributed by atoms with Crippen molar-refractivity contribution in [1.82, 2.24) is 14.9 Å². The van der Waals surface area contributed by atoms with Crippen LogP contribution in [0.1, 0.15) is 31.5 Å². The van der Waals surface area contributed by atoms with Crippen molar-refractivity contribution in [2.75, 3.05) is 43.0 Å². The summed E-state index contributed by atoms with van der Waals surface area (Å²) in [6.45, 7) is 7.96. The Kier molecular flexibility index (Phi) is 4.55. The number of nitrogens with zero attached hydrogens (tertiary/aromatic N) is 4. The zero-order valence-corrected chi connectivity index (χ0v) is 12.9. The lowest BCUT2D eigenvalue weighted by molar-refractivity contribution is 0.249. The van der Waals surface area contributed by atoms with Crippen LogP contribution in [0.15, 0.2) is 6.07 Å². The smallest absolute Gasteiger partial charge is 0.145 e. The van der Waals surface area contributed by atoms with Crippen LogP contribution in [0.2, 0.25) is 0 Å². The summed E-state index contributed by atoms with van der Waals surface area (Å²) in [7, 11) is 0. The van der Waals surface area contributed by atoms with Crippen molar-refractivity contribution in [2.45, 2.75) is 32.6 Å². The molecule has 3 heterocycles. The van der Waals surface area contributed by atoms with Gasteiger partial charge in [0.1, 0.15) is 17.5 Å². The molecule has 0 aromatic carbocycles. The summed E-state index contributed by atoms with van der Waals surface area (Å²) >= 11 is 0. The number of likely N-dealkylation sites (tertiary alicyclic amines) is 1. The van der Waals surface area contributed by atoms with Gasteiger partial charge < -0.3 is 15.2 Å². The van der Waals surface area contributed by atoms with Gasteiger partial charge in [0.15, 0.2) is 0 Å². The number of nitrogens with two attached hydrogens (primary N) is 1. The maximum absolute atomic E-state index is 5.47. The van der Waals surface area contributed by atoms with E-state index in [4.69, 9.17) is 5.84 Å². The molecule has 116 valence electrons. The van der Waals surface area contributed by atoms with E-state index in [1.54, 1.807) is 0 Å². The van der Waals surface area contributed by atoms with Crippen LogP contribution in [0.3, 0.4) is 0 Å². The van der Waals surface area contributed by atoms with E-state index in [0.29, 0.717) is 5.82 Å². The molecule has 1 aromatic rings. The van der Waals surface area contributed by atoms with E-state index in [-0.39, 0.29) is 0 Å². The van der Waals surface area contributed by atoms with Crippen LogP contribution in [-0.4, -0.2) is 47.6 Å². The molecular formula is C15H26N6. The largest absolute Gasteiger partial charge is 0.356 e. The summed E-state index contributed by atoms with van der Waals surface area (Å²) in [6.07, 6.45) is 5.28. The number of nitrogen functional groups attached to an aromatic ring is 1. The van der Waals surface area contributed by atoms with Crippen molar-refractivity contribution < 1.29 is 0 Å². The van der Waals surface area contributed by atoms with E-state index in [9.17, 15) is 0 Å². The average molecular weight is 290 g/mol. The first-order valence-electron chi connectivity index (χ1n) is 8.04. The van der Waals surface area contributed by atoms with Gasteiger partial charge in [0.25, 0.3) is 0 Å². The molecule has 2 aliphatic heterocycles. The Labute approximate surface area is 126 Å². The van der Waals surface area contributed by atoms with Gasteiger partial charge in [0, 0.05) is 25.7 Å². The summed E-state index contributed by atoms with van der Waals surface area (Å²) in [6, 6.07) is 1.94. The molecule has 3 N–H and O–H groups in total. The first-order valence-corrected chi connectivity index (χ1v) is 8.04. The van der Waals surface area contributed by atoms with Crippen LogP contribution in [0.5, 0.6) is 0 Å². The Morgan fingerprint density at radius 3 is 2.57 bits per heavy atom. The maximum atomic E-state index is 5.47. The molecule has 21 heavy (non-hydrogen) atoms. The SMILES string of the molecule is Cc1nc(NN)cc(N2CCC(CN3CCCC3)CC2)n1. The number of piperidine rings is 1. The molecule has 0 aliphatic carbocycles. The second-order valence-electron chi connectivity index (χ2n) is 6.24. The quantitative estimate of drug-likeness (QED) is 0.645. The van der Waals surface area contributed by atoms with Crippen LogP contribution in [0.25, 0.3) is 0 Å². The molecule has 0 atom stereocenters. The van der Waals surface area contributed by atoms with E-state index in [2.05, 4.69) is 25.2 Å². The Bertz CT molecular complexity index is 463. The van der Waals surface area contributed by atoms with Gasteiger partial charge in [-0.25, -0.2) is 15.8 Å². The summed E-state index contributed by atoms with van der Waals surface area (Å²) in [5, 5.41) is 0. The molecule has 1 aromatic heterocycles. The molecule has 6 nitrogen and oxygen atoms in total. The highest BCUT2D eigenvalue weighted by Crippen LogP contribution is 2.24. The highest BCUT2D eigenvalue weighted by Gasteiger charge is 2.23. The number of anilines is 2. The zero-order chi connectivity index (χ0) is 14.7. The average Bonchev–Trinajstić information content (AvgIpc) is 3.00. The van der Waals surface area contributed by atoms with Gasteiger partial charge in [-0.1, -0.05) is 0 Å².